The summed E-state index contributed by atoms with van der Waals surface area (Å²) in [5.41, 5.74) is 0. The number of nitrogens with one attached hydrogen (secondary N) is 1. The molecule has 2 fully saturated rings. The van der Waals surface area contributed by atoms with E-state index in [1.165, 1.54) is 38.9 Å². The van der Waals surface area contributed by atoms with Crippen LogP contribution in [0, 0.1) is 5.92 Å². The number of morpholine rings is 1. The number of nitrogens with zero attached hydrogens (tertiary/aromatic N) is 1. The first-order chi connectivity index (χ1) is 7.40. The van der Waals surface area contributed by atoms with Gasteiger partial charge in [-0.05, 0) is 44.8 Å². The highest BCUT2D eigenvalue weighted by Gasteiger charge is 2.22. The van der Waals surface area contributed by atoms with Crippen molar-refractivity contribution in [2.75, 3.05) is 39.4 Å². The smallest absolute Gasteiger partial charge is 0.0622 e. The Morgan fingerprint density at radius 1 is 1.47 bits per heavy atom. The highest BCUT2D eigenvalue weighted by atomic mass is 16.5. The monoisotopic (exact) mass is 212 g/mol. The molecule has 2 atom stereocenters. The standard InChI is InChI=1S/C12H24N2O/c1-2-12-10-15-8-7-14(12)6-4-11-3-5-13-9-11/h11-13H,2-10H2,1H3. The van der Waals surface area contributed by atoms with Gasteiger partial charge in [0.05, 0.1) is 13.2 Å². The van der Waals surface area contributed by atoms with Crippen LogP contribution in [-0.2, 0) is 4.74 Å². The summed E-state index contributed by atoms with van der Waals surface area (Å²) in [6.45, 7) is 9.02. The molecule has 88 valence electrons. The van der Waals surface area contributed by atoms with Gasteiger partial charge >= 0.3 is 0 Å². The predicted molar refractivity (Wildman–Crippen MR) is 62.1 cm³/mol. The second kappa shape index (κ2) is 5.83. The molecule has 2 aliphatic rings. The molecule has 0 aliphatic carbocycles. The number of hydrogen-bond donors (Lipinski definition) is 1. The van der Waals surface area contributed by atoms with Gasteiger partial charge in [0.1, 0.15) is 0 Å². The average molecular weight is 212 g/mol. The van der Waals surface area contributed by atoms with Gasteiger partial charge in [0.15, 0.2) is 0 Å². The third kappa shape index (κ3) is 3.16. The minimum atomic E-state index is 0.674. The van der Waals surface area contributed by atoms with Gasteiger partial charge in [-0.1, -0.05) is 6.92 Å². The molecule has 0 radical (unpaired) electrons. The van der Waals surface area contributed by atoms with Crippen molar-refractivity contribution in [2.45, 2.75) is 32.2 Å². The summed E-state index contributed by atoms with van der Waals surface area (Å²) in [5.74, 6) is 0.922. The zero-order valence-electron chi connectivity index (χ0n) is 9.87. The molecule has 3 heteroatoms. The summed E-state index contributed by atoms with van der Waals surface area (Å²) in [6, 6.07) is 0.674. The Labute approximate surface area is 93.2 Å². The van der Waals surface area contributed by atoms with Gasteiger partial charge < -0.3 is 10.1 Å². The van der Waals surface area contributed by atoms with Crippen LogP contribution in [0.4, 0.5) is 0 Å². The molecule has 15 heavy (non-hydrogen) atoms. The summed E-state index contributed by atoms with van der Waals surface area (Å²) >= 11 is 0. The third-order valence-electron chi connectivity index (χ3n) is 3.81. The van der Waals surface area contributed by atoms with Crippen molar-refractivity contribution in [1.82, 2.24) is 10.2 Å². The fraction of sp³-hybridized carbons (Fsp3) is 1.00. The SMILES string of the molecule is CCC1COCCN1CCC1CCNC1. The van der Waals surface area contributed by atoms with Gasteiger partial charge in [-0.25, -0.2) is 0 Å². The Hall–Kier alpha value is -0.120. The van der Waals surface area contributed by atoms with Crippen molar-refractivity contribution < 1.29 is 4.74 Å². The predicted octanol–water partition coefficient (Wildman–Crippen LogP) is 1.10. The molecule has 2 aliphatic heterocycles. The minimum absolute atomic E-state index is 0.674. The zero-order valence-corrected chi connectivity index (χ0v) is 9.87. The maximum atomic E-state index is 5.52. The topological polar surface area (TPSA) is 24.5 Å². The van der Waals surface area contributed by atoms with Crippen LogP contribution in [0.5, 0.6) is 0 Å². The summed E-state index contributed by atoms with van der Waals surface area (Å²) < 4.78 is 5.52. The summed E-state index contributed by atoms with van der Waals surface area (Å²) in [7, 11) is 0. The molecule has 0 bridgehead atoms. The Kier molecular flexibility index (Phi) is 4.42. The van der Waals surface area contributed by atoms with E-state index < -0.39 is 0 Å². The first-order valence-electron chi connectivity index (χ1n) is 6.42. The molecule has 3 nitrogen and oxygen atoms in total. The van der Waals surface area contributed by atoms with E-state index in [0.717, 1.165) is 25.7 Å². The molecule has 2 saturated heterocycles. The van der Waals surface area contributed by atoms with Crippen molar-refractivity contribution in [1.29, 1.82) is 0 Å². The molecule has 0 aromatic rings. The first-order valence-corrected chi connectivity index (χ1v) is 6.42. The molecule has 0 saturated carbocycles. The van der Waals surface area contributed by atoms with Crippen molar-refractivity contribution in [3.63, 3.8) is 0 Å². The lowest BCUT2D eigenvalue weighted by molar-refractivity contribution is -0.0104. The molecule has 1 N–H and O–H groups in total. The van der Waals surface area contributed by atoms with Crippen molar-refractivity contribution in [2.24, 2.45) is 5.92 Å². The quantitative estimate of drug-likeness (QED) is 0.755. The van der Waals surface area contributed by atoms with Gasteiger partial charge in [-0.15, -0.1) is 0 Å². The lowest BCUT2D eigenvalue weighted by Crippen LogP contribution is -2.45. The van der Waals surface area contributed by atoms with E-state index in [9.17, 15) is 0 Å². The second-order valence-electron chi connectivity index (χ2n) is 4.82. The molecule has 2 rings (SSSR count). The molecule has 0 aromatic carbocycles. The minimum Gasteiger partial charge on any atom is -0.378 e. The van der Waals surface area contributed by atoms with E-state index in [-0.39, 0.29) is 0 Å². The van der Waals surface area contributed by atoms with Crippen LogP contribution in [0.3, 0.4) is 0 Å². The van der Waals surface area contributed by atoms with Crippen LogP contribution < -0.4 is 5.32 Å². The van der Waals surface area contributed by atoms with E-state index in [4.69, 9.17) is 4.74 Å². The lowest BCUT2D eigenvalue weighted by atomic mass is 10.0. The highest BCUT2D eigenvalue weighted by Crippen LogP contribution is 2.16. The number of hydrogen-bond acceptors (Lipinski definition) is 3. The summed E-state index contributed by atoms with van der Waals surface area (Å²) in [5, 5.41) is 3.44. The van der Waals surface area contributed by atoms with Gasteiger partial charge in [-0.3, -0.25) is 4.90 Å². The van der Waals surface area contributed by atoms with Gasteiger partial charge in [0, 0.05) is 12.6 Å². The molecule has 0 aromatic heterocycles. The molecule has 0 amide bonds. The van der Waals surface area contributed by atoms with Crippen LogP contribution in [-0.4, -0.2) is 50.3 Å². The Bertz CT molecular complexity index is 180. The van der Waals surface area contributed by atoms with Crippen LogP contribution >= 0.6 is 0 Å². The Morgan fingerprint density at radius 3 is 3.13 bits per heavy atom. The molecule has 2 heterocycles. The van der Waals surface area contributed by atoms with Gasteiger partial charge in [0.25, 0.3) is 0 Å². The Morgan fingerprint density at radius 2 is 2.40 bits per heavy atom. The maximum Gasteiger partial charge on any atom is 0.0622 e. The van der Waals surface area contributed by atoms with E-state index in [2.05, 4.69) is 17.1 Å². The maximum absolute atomic E-state index is 5.52. The second-order valence-corrected chi connectivity index (χ2v) is 4.82. The molecule has 2 unspecified atom stereocenters. The first kappa shape index (κ1) is 11.4. The molecular formula is C12H24N2O. The fourth-order valence-electron chi connectivity index (χ4n) is 2.67. The van der Waals surface area contributed by atoms with Crippen molar-refractivity contribution >= 4 is 0 Å². The van der Waals surface area contributed by atoms with E-state index in [1.54, 1.807) is 0 Å². The van der Waals surface area contributed by atoms with Crippen LogP contribution in [0.2, 0.25) is 0 Å². The Balaban J connectivity index is 1.71. The van der Waals surface area contributed by atoms with Crippen LogP contribution in [0.1, 0.15) is 26.2 Å². The van der Waals surface area contributed by atoms with Gasteiger partial charge in [0.2, 0.25) is 0 Å². The number of ether oxygens (including phenoxy) is 1. The van der Waals surface area contributed by atoms with E-state index in [0.29, 0.717) is 6.04 Å². The van der Waals surface area contributed by atoms with E-state index >= 15 is 0 Å². The average Bonchev–Trinajstić information content (AvgIpc) is 2.79. The third-order valence-corrected chi connectivity index (χ3v) is 3.81. The summed E-state index contributed by atoms with van der Waals surface area (Å²) in [4.78, 5) is 2.63. The normalized spacial score (nSPS) is 33.4. The fourth-order valence-corrected chi connectivity index (χ4v) is 2.67. The van der Waals surface area contributed by atoms with Gasteiger partial charge in [-0.2, -0.15) is 0 Å². The zero-order chi connectivity index (χ0) is 10.5. The molecule has 0 spiro atoms. The van der Waals surface area contributed by atoms with Crippen molar-refractivity contribution in [3.8, 4) is 0 Å². The highest BCUT2D eigenvalue weighted by molar-refractivity contribution is 4.77. The summed E-state index contributed by atoms with van der Waals surface area (Å²) in [6.07, 6.45) is 3.97. The lowest BCUT2D eigenvalue weighted by Gasteiger charge is -2.35. The van der Waals surface area contributed by atoms with Crippen LogP contribution in [0.25, 0.3) is 0 Å². The van der Waals surface area contributed by atoms with Crippen LogP contribution in [0.15, 0.2) is 0 Å². The van der Waals surface area contributed by atoms with Crippen molar-refractivity contribution in [3.05, 3.63) is 0 Å². The molecular weight excluding hydrogens is 188 g/mol. The number of rotatable bonds is 4. The van der Waals surface area contributed by atoms with E-state index in [1.807, 2.05) is 0 Å². The largest absolute Gasteiger partial charge is 0.378 e.